The van der Waals surface area contributed by atoms with Gasteiger partial charge in [0.05, 0.1) is 33.4 Å². The van der Waals surface area contributed by atoms with Gasteiger partial charge < -0.3 is 18.9 Å². The number of hydrogen-bond acceptors (Lipinski definition) is 7. The Balaban J connectivity index is 1.32. The number of fused-ring (bicyclic) bond motifs is 2. The largest absolute Gasteiger partial charge is 0.493 e. The van der Waals surface area contributed by atoms with Gasteiger partial charge in [0.25, 0.3) is 0 Å². The molecule has 2 saturated heterocycles. The average molecular weight is 527 g/mol. The van der Waals surface area contributed by atoms with Crippen molar-refractivity contribution in [3.8, 4) is 11.5 Å². The van der Waals surface area contributed by atoms with Crippen molar-refractivity contribution in [1.82, 2.24) is 9.80 Å². The van der Waals surface area contributed by atoms with E-state index in [4.69, 9.17) is 18.9 Å². The van der Waals surface area contributed by atoms with Crippen molar-refractivity contribution in [3.05, 3.63) is 35.9 Å². The summed E-state index contributed by atoms with van der Waals surface area (Å²) in [4.78, 5) is 18.2. The van der Waals surface area contributed by atoms with Crippen LogP contribution in [0.1, 0.15) is 51.0 Å². The van der Waals surface area contributed by atoms with Gasteiger partial charge in [-0.1, -0.05) is 31.2 Å². The first-order valence-electron chi connectivity index (χ1n) is 14.5. The lowest BCUT2D eigenvalue weighted by atomic mass is 9.55. The number of hydrogen-bond donors (Lipinski definition) is 0. The van der Waals surface area contributed by atoms with Gasteiger partial charge in [0.2, 0.25) is 0 Å². The fraction of sp³-hybridized carbons (Fsp3) is 0.710. The van der Waals surface area contributed by atoms with E-state index in [0.717, 1.165) is 82.1 Å². The average Bonchev–Trinajstić information content (AvgIpc) is 3.20. The van der Waals surface area contributed by atoms with Crippen molar-refractivity contribution in [2.24, 2.45) is 23.2 Å². The molecule has 0 radical (unpaired) electrons. The molecule has 5 atom stereocenters. The molecule has 5 rings (SSSR count). The van der Waals surface area contributed by atoms with Crippen molar-refractivity contribution in [1.29, 1.82) is 0 Å². The van der Waals surface area contributed by atoms with Crippen LogP contribution in [0.3, 0.4) is 0 Å². The predicted molar refractivity (Wildman–Crippen MR) is 147 cm³/mol. The molecule has 210 valence electrons. The summed E-state index contributed by atoms with van der Waals surface area (Å²) in [6.07, 6.45) is 6.64. The molecule has 7 heteroatoms. The van der Waals surface area contributed by atoms with Gasteiger partial charge in [-0.05, 0) is 69.0 Å². The summed E-state index contributed by atoms with van der Waals surface area (Å²) in [5, 5.41) is 0. The Morgan fingerprint density at radius 3 is 2.79 bits per heavy atom. The number of rotatable bonds is 10. The van der Waals surface area contributed by atoms with E-state index in [-0.39, 0.29) is 29.3 Å². The number of benzene rings is 1. The van der Waals surface area contributed by atoms with Gasteiger partial charge in [0.1, 0.15) is 6.10 Å². The van der Waals surface area contributed by atoms with Gasteiger partial charge >= 0.3 is 5.97 Å². The molecule has 0 spiro atoms. The Bertz CT molecular complexity index is 992. The number of carbonyl (C=O) groups excluding carboxylic acids is 1. The predicted octanol–water partition coefficient (Wildman–Crippen LogP) is 4.54. The second kappa shape index (κ2) is 12.0. The number of morpholine rings is 1. The number of para-hydroxylation sites is 1. The number of allylic oxidation sites excluding steroid dienone is 1. The maximum atomic E-state index is 13.3. The van der Waals surface area contributed by atoms with E-state index in [9.17, 15) is 4.79 Å². The number of carbonyl (C=O) groups is 1. The molecule has 2 aliphatic carbocycles. The summed E-state index contributed by atoms with van der Waals surface area (Å²) in [6, 6.07) is 6.05. The van der Waals surface area contributed by atoms with Crippen LogP contribution in [0.15, 0.2) is 30.4 Å². The van der Waals surface area contributed by atoms with Gasteiger partial charge in [-0.15, -0.1) is 0 Å². The summed E-state index contributed by atoms with van der Waals surface area (Å²) >= 11 is 0. The first-order chi connectivity index (χ1) is 18.4. The van der Waals surface area contributed by atoms with Crippen molar-refractivity contribution >= 4 is 5.97 Å². The van der Waals surface area contributed by atoms with Crippen LogP contribution in [0.2, 0.25) is 0 Å². The number of esters is 1. The van der Waals surface area contributed by atoms with Crippen LogP contribution < -0.4 is 9.47 Å². The molecule has 0 bridgehead atoms. The Morgan fingerprint density at radius 1 is 1.21 bits per heavy atom. The standard InChI is InChI=1S/C31H46N2O5/c1-22-8-6-11-31(2)19-28-24(18-26(22)31)25(30(34)38-28)21-33(13-7-12-32-14-16-37-17-15-32)20-23-9-5-10-27(35-3)29(23)36-4/h5,9-10,24-26,28H,1,6-8,11-21H2,2-4H3/t24-,25-,26-,28+,31-/m1/s1. The molecule has 1 aromatic rings. The third-order valence-electron chi connectivity index (χ3n) is 9.71. The van der Waals surface area contributed by atoms with E-state index in [1.807, 2.05) is 12.1 Å². The van der Waals surface area contributed by atoms with Crippen molar-refractivity contribution < 1.29 is 23.7 Å². The third kappa shape index (κ3) is 5.75. The molecule has 2 aliphatic heterocycles. The fourth-order valence-corrected chi connectivity index (χ4v) is 7.64. The van der Waals surface area contributed by atoms with Crippen molar-refractivity contribution in [2.45, 2.75) is 58.1 Å². The molecule has 0 amide bonds. The van der Waals surface area contributed by atoms with Crippen LogP contribution in [0.5, 0.6) is 11.5 Å². The summed E-state index contributed by atoms with van der Waals surface area (Å²) in [6.45, 7) is 13.8. The monoisotopic (exact) mass is 526 g/mol. The maximum Gasteiger partial charge on any atom is 0.310 e. The van der Waals surface area contributed by atoms with E-state index in [2.05, 4.69) is 29.4 Å². The van der Waals surface area contributed by atoms with Gasteiger partial charge in [-0.2, -0.15) is 0 Å². The molecule has 2 saturated carbocycles. The molecular formula is C31H46N2O5. The Morgan fingerprint density at radius 2 is 2.03 bits per heavy atom. The van der Waals surface area contributed by atoms with Crippen LogP contribution in [0.25, 0.3) is 0 Å². The highest BCUT2D eigenvalue weighted by Crippen LogP contribution is 2.57. The summed E-state index contributed by atoms with van der Waals surface area (Å²) < 4.78 is 22.9. The van der Waals surface area contributed by atoms with E-state index in [0.29, 0.717) is 19.0 Å². The molecule has 0 unspecified atom stereocenters. The quantitative estimate of drug-likeness (QED) is 0.328. The summed E-state index contributed by atoms with van der Waals surface area (Å²) in [5.74, 6) is 2.17. The van der Waals surface area contributed by atoms with Crippen LogP contribution in [0, 0.1) is 23.2 Å². The lowest BCUT2D eigenvalue weighted by Gasteiger charge is -2.50. The SMILES string of the molecule is C=C1CCC[C@]2(C)C[C@@H]3OC(=O)[C@H](CN(CCCN4CCOCC4)Cc4cccc(OC)c4OC)[C@H]3C[C@H]12. The number of nitrogens with zero attached hydrogens (tertiary/aromatic N) is 2. The lowest BCUT2D eigenvalue weighted by molar-refractivity contribution is -0.146. The highest BCUT2D eigenvalue weighted by molar-refractivity contribution is 5.75. The Kier molecular flexibility index (Phi) is 8.65. The minimum atomic E-state index is -0.0979. The Hall–Kier alpha value is -2.09. The summed E-state index contributed by atoms with van der Waals surface area (Å²) in [5.41, 5.74) is 2.69. The molecule has 0 aromatic heterocycles. The normalized spacial score (nSPS) is 31.6. The number of ether oxygens (including phenoxy) is 4. The minimum Gasteiger partial charge on any atom is -0.493 e. The zero-order chi connectivity index (χ0) is 26.7. The van der Waals surface area contributed by atoms with Crippen LogP contribution in [0.4, 0.5) is 0 Å². The van der Waals surface area contributed by atoms with Crippen LogP contribution in [-0.4, -0.2) is 82.0 Å². The van der Waals surface area contributed by atoms with E-state index >= 15 is 0 Å². The highest BCUT2D eigenvalue weighted by Gasteiger charge is 2.55. The molecule has 38 heavy (non-hydrogen) atoms. The second-order valence-corrected chi connectivity index (χ2v) is 12.1. The molecular weight excluding hydrogens is 480 g/mol. The highest BCUT2D eigenvalue weighted by atomic mass is 16.6. The smallest absolute Gasteiger partial charge is 0.310 e. The van der Waals surface area contributed by atoms with Crippen LogP contribution >= 0.6 is 0 Å². The van der Waals surface area contributed by atoms with Crippen molar-refractivity contribution in [3.63, 3.8) is 0 Å². The second-order valence-electron chi connectivity index (χ2n) is 12.1. The van der Waals surface area contributed by atoms with E-state index in [1.165, 1.54) is 18.4 Å². The van der Waals surface area contributed by atoms with Crippen molar-refractivity contribution in [2.75, 3.05) is 60.2 Å². The fourth-order valence-electron chi connectivity index (χ4n) is 7.64. The first kappa shape index (κ1) is 27.5. The molecule has 7 nitrogen and oxygen atoms in total. The van der Waals surface area contributed by atoms with Gasteiger partial charge in [-0.25, -0.2) is 0 Å². The van der Waals surface area contributed by atoms with Crippen LogP contribution in [-0.2, 0) is 20.8 Å². The lowest BCUT2D eigenvalue weighted by Crippen LogP contribution is -2.45. The van der Waals surface area contributed by atoms with E-state index in [1.54, 1.807) is 14.2 Å². The molecule has 4 aliphatic rings. The maximum absolute atomic E-state index is 13.3. The summed E-state index contributed by atoms with van der Waals surface area (Å²) in [7, 11) is 3.37. The minimum absolute atomic E-state index is 0.0105. The molecule has 2 heterocycles. The molecule has 1 aromatic carbocycles. The van der Waals surface area contributed by atoms with E-state index < -0.39 is 0 Å². The number of methoxy groups -OCH3 is 2. The third-order valence-corrected chi connectivity index (χ3v) is 9.71. The zero-order valence-electron chi connectivity index (χ0n) is 23.6. The van der Waals surface area contributed by atoms with Gasteiger partial charge in [0, 0.05) is 37.7 Å². The van der Waals surface area contributed by atoms with Gasteiger partial charge in [-0.3, -0.25) is 14.6 Å². The molecule has 0 N–H and O–H groups in total. The Labute approximate surface area is 228 Å². The van der Waals surface area contributed by atoms with Gasteiger partial charge in [0.15, 0.2) is 11.5 Å². The zero-order valence-corrected chi connectivity index (χ0v) is 23.6. The first-order valence-corrected chi connectivity index (χ1v) is 14.5. The molecule has 4 fully saturated rings. The topological polar surface area (TPSA) is 60.5 Å².